The number of hydrogen-bond donors (Lipinski definition) is 2. The number of hydrogen-bond acceptors (Lipinski definition) is 2. The Balaban J connectivity index is 1.74. The largest absolute Gasteiger partial charge is 0.481 e. The molecule has 1 heterocycles. The van der Waals surface area contributed by atoms with Crippen molar-refractivity contribution in [2.24, 2.45) is 5.92 Å². The third-order valence-corrected chi connectivity index (χ3v) is 3.80. The van der Waals surface area contributed by atoms with E-state index in [9.17, 15) is 9.59 Å². The molecule has 2 amide bonds. The zero-order valence-corrected chi connectivity index (χ0v) is 10.0. The summed E-state index contributed by atoms with van der Waals surface area (Å²) in [4.78, 5) is 24.5. The van der Waals surface area contributed by atoms with Crippen LogP contribution in [0.4, 0.5) is 4.79 Å². The summed E-state index contributed by atoms with van der Waals surface area (Å²) < 4.78 is 0. The van der Waals surface area contributed by atoms with E-state index in [0.717, 1.165) is 38.8 Å². The first kappa shape index (κ1) is 12.2. The average molecular weight is 240 g/mol. The molecule has 1 aliphatic carbocycles. The highest BCUT2D eigenvalue weighted by Gasteiger charge is 2.28. The van der Waals surface area contributed by atoms with Gasteiger partial charge in [0, 0.05) is 19.1 Å². The Labute approximate surface area is 101 Å². The molecule has 2 fully saturated rings. The van der Waals surface area contributed by atoms with Crippen LogP contribution in [0.1, 0.15) is 38.5 Å². The van der Waals surface area contributed by atoms with E-state index in [0.29, 0.717) is 12.8 Å². The van der Waals surface area contributed by atoms with Crippen molar-refractivity contribution in [2.45, 2.75) is 44.6 Å². The monoisotopic (exact) mass is 240 g/mol. The molecule has 1 aliphatic heterocycles. The van der Waals surface area contributed by atoms with Crippen molar-refractivity contribution in [3.8, 4) is 0 Å². The van der Waals surface area contributed by atoms with E-state index in [1.54, 1.807) is 0 Å². The Bertz CT molecular complexity index is 292. The van der Waals surface area contributed by atoms with Gasteiger partial charge in [0.25, 0.3) is 0 Å². The molecule has 1 saturated heterocycles. The number of carboxylic acids is 1. The highest BCUT2D eigenvalue weighted by atomic mass is 16.4. The number of amides is 2. The van der Waals surface area contributed by atoms with Crippen LogP contribution in [0.15, 0.2) is 0 Å². The highest BCUT2D eigenvalue weighted by Crippen LogP contribution is 2.24. The molecule has 2 rings (SSSR count). The number of rotatable bonds is 2. The van der Waals surface area contributed by atoms with Crippen LogP contribution in [0.25, 0.3) is 0 Å². The van der Waals surface area contributed by atoms with Crippen molar-refractivity contribution < 1.29 is 14.7 Å². The quantitative estimate of drug-likeness (QED) is 0.767. The number of likely N-dealkylation sites (tertiary alicyclic amines) is 1. The van der Waals surface area contributed by atoms with Gasteiger partial charge in [0.2, 0.25) is 0 Å². The molecule has 0 radical (unpaired) electrons. The number of carboxylic acid groups (broad SMARTS) is 1. The minimum atomic E-state index is -0.700. The molecule has 0 atom stereocenters. The van der Waals surface area contributed by atoms with Crippen molar-refractivity contribution in [1.29, 1.82) is 0 Å². The molecule has 1 saturated carbocycles. The second kappa shape index (κ2) is 5.38. The maximum Gasteiger partial charge on any atom is 0.317 e. The molecule has 17 heavy (non-hydrogen) atoms. The van der Waals surface area contributed by atoms with Gasteiger partial charge in [0.05, 0.1) is 5.92 Å². The summed E-state index contributed by atoms with van der Waals surface area (Å²) >= 11 is 0. The van der Waals surface area contributed by atoms with Gasteiger partial charge >= 0.3 is 12.0 Å². The number of carbonyl (C=O) groups excluding carboxylic acids is 1. The maximum absolute atomic E-state index is 11.8. The first-order chi connectivity index (χ1) is 8.16. The van der Waals surface area contributed by atoms with Gasteiger partial charge in [-0.05, 0) is 38.5 Å². The summed E-state index contributed by atoms with van der Waals surface area (Å²) in [6.45, 7) is 1.71. The van der Waals surface area contributed by atoms with Gasteiger partial charge in [-0.2, -0.15) is 0 Å². The summed E-state index contributed by atoms with van der Waals surface area (Å²) in [7, 11) is 0. The third kappa shape index (κ3) is 3.11. The summed E-state index contributed by atoms with van der Waals surface area (Å²) in [5.41, 5.74) is 0. The Morgan fingerprint density at radius 1 is 1.06 bits per heavy atom. The fourth-order valence-corrected chi connectivity index (χ4v) is 2.67. The molecule has 0 bridgehead atoms. The lowest BCUT2D eigenvalue weighted by Crippen LogP contribution is -2.45. The third-order valence-electron chi connectivity index (χ3n) is 3.80. The van der Waals surface area contributed by atoms with Crippen LogP contribution >= 0.6 is 0 Å². The lowest BCUT2D eigenvalue weighted by atomic mass is 9.86. The minimum Gasteiger partial charge on any atom is -0.481 e. The van der Waals surface area contributed by atoms with Crippen LogP contribution in [0.3, 0.4) is 0 Å². The highest BCUT2D eigenvalue weighted by molar-refractivity contribution is 5.75. The first-order valence-corrected chi connectivity index (χ1v) is 6.45. The van der Waals surface area contributed by atoms with Crippen LogP contribution in [-0.4, -0.2) is 41.1 Å². The Hall–Kier alpha value is -1.26. The van der Waals surface area contributed by atoms with Crippen molar-refractivity contribution in [2.75, 3.05) is 13.1 Å². The number of urea groups is 1. The molecule has 96 valence electrons. The van der Waals surface area contributed by atoms with Crippen molar-refractivity contribution in [3.63, 3.8) is 0 Å². The Kier molecular flexibility index (Phi) is 3.86. The molecule has 2 N–H and O–H groups in total. The molecular formula is C12H20N2O3. The van der Waals surface area contributed by atoms with Gasteiger partial charge in [-0.1, -0.05) is 0 Å². The topological polar surface area (TPSA) is 69.6 Å². The van der Waals surface area contributed by atoms with Crippen LogP contribution in [0.5, 0.6) is 0 Å². The number of aliphatic carboxylic acids is 1. The van der Waals surface area contributed by atoms with Crippen LogP contribution in [0, 0.1) is 5.92 Å². The van der Waals surface area contributed by atoms with Gasteiger partial charge in [-0.15, -0.1) is 0 Å². The standard InChI is InChI=1S/C12H20N2O3/c15-11(16)9-3-5-10(6-4-9)13-12(17)14-7-1-2-8-14/h9-10H,1-8H2,(H,13,17)(H,15,16). The zero-order valence-electron chi connectivity index (χ0n) is 10.0. The van der Waals surface area contributed by atoms with Crippen molar-refractivity contribution in [3.05, 3.63) is 0 Å². The maximum atomic E-state index is 11.8. The van der Waals surface area contributed by atoms with Gasteiger partial charge in [0.1, 0.15) is 0 Å². The van der Waals surface area contributed by atoms with Crippen LogP contribution in [-0.2, 0) is 4.79 Å². The predicted octanol–water partition coefficient (Wildman–Crippen LogP) is 1.44. The SMILES string of the molecule is O=C(O)C1CCC(NC(=O)N2CCCC2)CC1. The Morgan fingerprint density at radius 3 is 2.18 bits per heavy atom. The van der Waals surface area contributed by atoms with Gasteiger partial charge in [0.15, 0.2) is 0 Å². The molecule has 5 nitrogen and oxygen atoms in total. The van der Waals surface area contributed by atoms with E-state index in [-0.39, 0.29) is 18.0 Å². The summed E-state index contributed by atoms with van der Waals surface area (Å²) in [5, 5.41) is 11.9. The molecule has 0 spiro atoms. The van der Waals surface area contributed by atoms with Gasteiger partial charge < -0.3 is 15.3 Å². The molecule has 0 aromatic heterocycles. The smallest absolute Gasteiger partial charge is 0.317 e. The zero-order chi connectivity index (χ0) is 12.3. The predicted molar refractivity (Wildman–Crippen MR) is 62.7 cm³/mol. The first-order valence-electron chi connectivity index (χ1n) is 6.45. The second-order valence-electron chi connectivity index (χ2n) is 5.03. The number of nitrogens with zero attached hydrogens (tertiary/aromatic N) is 1. The van der Waals surface area contributed by atoms with Crippen LogP contribution in [0.2, 0.25) is 0 Å². The molecule has 5 heteroatoms. The average Bonchev–Trinajstić information content (AvgIpc) is 2.83. The lowest BCUT2D eigenvalue weighted by Gasteiger charge is -2.28. The molecule has 0 aromatic carbocycles. The van der Waals surface area contributed by atoms with Crippen LogP contribution < -0.4 is 5.32 Å². The molecule has 2 aliphatic rings. The molecule has 0 unspecified atom stereocenters. The Morgan fingerprint density at radius 2 is 1.65 bits per heavy atom. The fourth-order valence-electron chi connectivity index (χ4n) is 2.67. The van der Waals surface area contributed by atoms with Crippen molar-refractivity contribution >= 4 is 12.0 Å². The minimum absolute atomic E-state index is 0.0290. The fraction of sp³-hybridized carbons (Fsp3) is 0.833. The lowest BCUT2D eigenvalue weighted by molar-refractivity contribution is -0.142. The van der Waals surface area contributed by atoms with Gasteiger partial charge in [-0.25, -0.2) is 4.79 Å². The van der Waals surface area contributed by atoms with E-state index >= 15 is 0 Å². The van der Waals surface area contributed by atoms with E-state index in [4.69, 9.17) is 5.11 Å². The normalized spacial score (nSPS) is 29.1. The summed E-state index contributed by atoms with van der Waals surface area (Å²) in [6, 6.07) is 0.194. The van der Waals surface area contributed by atoms with E-state index in [1.165, 1.54) is 0 Å². The molecular weight excluding hydrogens is 220 g/mol. The van der Waals surface area contributed by atoms with E-state index in [1.807, 2.05) is 4.90 Å². The molecule has 0 aromatic rings. The van der Waals surface area contributed by atoms with Crippen molar-refractivity contribution in [1.82, 2.24) is 10.2 Å². The summed E-state index contributed by atoms with van der Waals surface area (Å²) in [5.74, 6) is -0.913. The van der Waals surface area contributed by atoms with E-state index in [2.05, 4.69) is 5.32 Å². The number of nitrogens with one attached hydrogen (secondary N) is 1. The second-order valence-corrected chi connectivity index (χ2v) is 5.03. The summed E-state index contributed by atoms with van der Waals surface area (Å²) in [6.07, 6.45) is 5.13. The van der Waals surface area contributed by atoms with Gasteiger partial charge in [-0.3, -0.25) is 4.79 Å². The van der Waals surface area contributed by atoms with E-state index < -0.39 is 5.97 Å². The number of carbonyl (C=O) groups is 2.